The number of nitrogens with zero attached hydrogens (tertiary/aromatic N) is 1. The van der Waals surface area contributed by atoms with Gasteiger partial charge >= 0.3 is 0 Å². The van der Waals surface area contributed by atoms with E-state index in [9.17, 15) is 9.59 Å². The van der Waals surface area contributed by atoms with Crippen molar-refractivity contribution < 1.29 is 14.4 Å². The third kappa shape index (κ3) is 4.96. The van der Waals surface area contributed by atoms with Gasteiger partial charge in [-0.05, 0) is 25.1 Å². The summed E-state index contributed by atoms with van der Waals surface area (Å²) in [6.07, 6.45) is 0.289. The maximum atomic E-state index is 12.3. The highest BCUT2D eigenvalue weighted by Gasteiger charge is 2.21. The highest BCUT2D eigenvalue weighted by atomic mass is 127. The molecule has 6 heteroatoms. The second-order valence-electron chi connectivity index (χ2n) is 5.15. The summed E-state index contributed by atoms with van der Waals surface area (Å²) in [4.78, 5) is 32.5. The monoisotopic (exact) mass is 404 g/mol. The lowest BCUT2D eigenvalue weighted by atomic mass is 9.96. The predicted molar refractivity (Wildman–Crippen MR) is 90.9 cm³/mol. The first-order valence-corrected chi connectivity index (χ1v) is 8.78. The Morgan fingerprint density at radius 2 is 2.10 bits per heavy atom. The van der Waals surface area contributed by atoms with Crippen LogP contribution < -0.4 is 10.3 Å². The van der Waals surface area contributed by atoms with Gasteiger partial charge in [-0.25, -0.2) is 0 Å². The van der Waals surface area contributed by atoms with E-state index in [1.54, 1.807) is 18.2 Å². The molecular formula is C15H21IN2O3. The number of carbonyl (C=O) groups excluding carboxylic acids is 2. The van der Waals surface area contributed by atoms with Crippen LogP contribution in [0.4, 0.5) is 0 Å². The number of carbonyl (C=O) groups is 2. The summed E-state index contributed by atoms with van der Waals surface area (Å²) in [5.74, 6) is 0.387. The molecule has 0 bridgehead atoms. The molecule has 5 nitrogen and oxygen atoms in total. The molecular weight excluding hydrogens is 383 g/mol. The summed E-state index contributed by atoms with van der Waals surface area (Å²) in [6, 6.07) is 5.24. The lowest BCUT2D eigenvalue weighted by Gasteiger charge is -2.19. The fourth-order valence-corrected chi connectivity index (χ4v) is 2.18. The second-order valence-corrected chi connectivity index (χ2v) is 5.15. The van der Waals surface area contributed by atoms with Gasteiger partial charge in [-0.15, -0.1) is 0 Å². The van der Waals surface area contributed by atoms with E-state index in [-0.39, 0.29) is 24.0 Å². The number of hydroxylamine groups is 1. The quantitative estimate of drug-likeness (QED) is 0.475. The van der Waals surface area contributed by atoms with E-state index in [1.807, 2.05) is 30.8 Å². The molecule has 0 saturated heterocycles. The van der Waals surface area contributed by atoms with Gasteiger partial charge in [0.05, 0.1) is 6.42 Å². The molecule has 1 atom stereocenters. The number of Topliss-reactive ketones (excluding diaryl/α,β-unsaturated/α-hetero) is 1. The van der Waals surface area contributed by atoms with Gasteiger partial charge in [0.2, 0.25) is 0 Å². The minimum atomic E-state index is -0.174. The van der Waals surface area contributed by atoms with Crippen molar-refractivity contribution in [3.63, 3.8) is 0 Å². The average molecular weight is 404 g/mol. The Hall–Kier alpha value is -1.15. The summed E-state index contributed by atoms with van der Waals surface area (Å²) < 4.78 is 0. The number of fused-ring (bicyclic) bond motifs is 1. The van der Waals surface area contributed by atoms with Gasteiger partial charge in [-0.2, -0.15) is 5.48 Å². The Labute approximate surface area is 139 Å². The SMILES string of the molecule is CC(CN(C)C)C(=O)c1ccc2c(c1)ONC(=O)C2.CI. The Balaban J connectivity index is 0.00000106. The number of nitrogens with one attached hydrogen (secondary N) is 1. The first kappa shape index (κ1) is 17.9. The minimum Gasteiger partial charge on any atom is -0.379 e. The van der Waals surface area contributed by atoms with Gasteiger partial charge in [-0.1, -0.05) is 41.6 Å². The zero-order chi connectivity index (χ0) is 16.0. The van der Waals surface area contributed by atoms with E-state index in [2.05, 4.69) is 28.1 Å². The molecule has 1 aromatic rings. The smallest absolute Gasteiger partial charge is 0.257 e. The molecule has 1 aliphatic heterocycles. The van der Waals surface area contributed by atoms with Crippen molar-refractivity contribution in [1.29, 1.82) is 0 Å². The van der Waals surface area contributed by atoms with Crippen molar-refractivity contribution in [2.75, 3.05) is 25.6 Å². The molecule has 1 amide bonds. The zero-order valence-corrected chi connectivity index (χ0v) is 14.9. The Morgan fingerprint density at radius 1 is 1.43 bits per heavy atom. The van der Waals surface area contributed by atoms with Crippen LogP contribution in [-0.4, -0.2) is 42.2 Å². The summed E-state index contributed by atoms with van der Waals surface area (Å²) in [5.41, 5.74) is 3.73. The van der Waals surface area contributed by atoms with Crippen LogP contribution in [0.15, 0.2) is 18.2 Å². The maximum Gasteiger partial charge on any atom is 0.257 e. The molecule has 21 heavy (non-hydrogen) atoms. The number of hydrogen-bond acceptors (Lipinski definition) is 4. The van der Waals surface area contributed by atoms with Crippen LogP contribution in [0.5, 0.6) is 5.75 Å². The fourth-order valence-electron chi connectivity index (χ4n) is 2.18. The van der Waals surface area contributed by atoms with E-state index < -0.39 is 0 Å². The van der Waals surface area contributed by atoms with Crippen LogP contribution >= 0.6 is 22.6 Å². The van der Waals surface area contributed by atoms with Crippen molar-refractivity contribution in [2.24, 2.45) is 5.92 Å². The van der Waals surface area contributed by atoms with Crippen molar-refractivity contribution in [3.05, 3.63) is 29.3 Å². The molecule has 1 N–H and O–H groups in total. The molecule has 0 radical (unpaired) electrons. The molecule has 0 fully saturated rings. The fraction of sp³-hybridized carbons (Fsp3) is 0.467. The first-order valence-electron chi connectivity index (χ1n) is 6.62. The van der Waals surface area contributed by atoms with Gasteiger partial charge in [0, 0.05) is 23.6 Å². The summed E-state index contributed by atoms with van der Waals surface area (Å²) >= 11 is 2.15. The van der Waals surface area contributed by atoms with Crippen molar-refractivity contribution in [3.8, 4) is 5.75 Å². The Kier molecular flexibility index (Phi) is 7.10. The summed E-state index contributed by atoms with van der Waals surface area (Å²) in [7, 11) is 3.88. The Bertz CT molecular complexity index is 518. The molecule has 1 unspecified atom stereocenters. The van der Waals surface area contributed by atoms with Gasteiger partial charge in [0.25, 0.3) is 5.91 Å². The molecule has 116 valence electrons. The number of amides is 1. The van der Waals surface area contributed by atoms with E-state index >= 15 is 0 Å². The highest BCUT2D eigenvalue weighted by molar-refractivity contribution is 14.1. The number of benzene rings is 1. The number of halogens is 1. The third-order valence-electron chi connectivity index (χ3n) is 3.06. The molecule has 0 saturated carbocycles. The van der Waals surface area contributed by atoms with Gasteiger partial charge < -0.3 is 9.74 Å². The lowest BCUT2D eigenvalue weighted by Crippen LogP contribution is -2.33. The standard InChI is InChI=1S/C14H18N2O3.CH3I/c1-9(8-16(2)3)14(18)11-5-4-10-7-13(17)15-19-12(10)6-11;1-2/h4-6,9H,7-8H2,1-3H3,(H,15,17);1H3. The number of hydrogen-bond donors (Lipinski definition) is 1. The van der Waals surface area contributed by atoms with Crippen LogP contribution in [0.25, 0.3) is 0 Å². The van der Waals surface area contributed by atoms with Crippen LogP contribution in [0.1, 0.15) is 22.8 Å². The van der Waals surface area contributed by atoms with E-state index in [1.165, 1.54) is 0 Å². The van der Waals surface area contributed by atoms with E-state index in [0.717, 1.165) is 5.56 Å². The topological polar surface area (TPSA) is 58.6 Å². The van der Waals surface area contributed by atoms with Gasteiger partial charge in [0.15, 0.2) is 11.5 Å². The highest BCUT2D eigenvalue weighted by Crippen LogP contribution is 2.24. The maximum absolute atomic E-state index is 12.3. The van der Waals surface area contributed by atoms with Crippen molar-refractivity contribution in [1.82, 2.24) is 10.4 Å². The van der Waals surface area contributed by atoms with Crippen LogP contribution in [-0.2, 0) is 11.2 Å². The number of alkyl halides is 1. The zero-order valence-electron chi connectivity index (χ0n) is 12.8. The first-order chi connectivity index (χ1) is 9.97. The Morgan fingerprint density at radius 3 is 2.71 bits per heavy atom. The second kappa shape index (κ2) is 8.33. The van der Waals surface area contributed by atoms with E-state index in [0.29, 0.717) is 17.9 Å². The van der Waals surface area contributed by atoms with Crippen LogP contribution in [0.3, 0.4) is 0 Å². The lowest BCUT2D eigenvalue weighted by molar-refractivity contribution is -0.128. The summed E-state index contributed by atoms with van der Waals surface area (Å²) in [5, 5.41) is 0. The predicted octanol–water partition coefficient (Wildman–Crippen LogP) is 2.08. The van der Waals surface area contributed by atoms with Gasteiger partial charge in [-0.3, -0.25) is 9.59 Å². The molecule has 1 aromatic carbocycles. The number of ketones is 1. The normalized spacial score (nSPS) is 14.3. The summed E-state index contributed by atoms with van der Waals surface area (Å²) in [6.45, 7) is 2.61. The van der Waals surface area contributed by atoms with E-state index in [4.69, 9.17) is 4.84 Å². The molecule has 0 aliphatic carbocycles. The van der Waals surface area contributed by atoms with Crippen molar-refractivity contribution in [2.45, 2.75) is 13.3 Å². The van der Waals surface area contributed by atoms with Gasteiger partial charge in [0.1, 0.15) is 0 Å². The third-order valence-corrected chi connectivity index (χ3v) is 3.06. The minimum absolute atomic E-state index is 0.0776. The van der Waals surface area contributed by atoms with Crippen molar-refractivity contribution >= 4 is 34.3 Å². The molecule has 1 aliphatic rings. The molecule has 0 aromatic heterocycles. The molecule has 0 spiro atoms. The van der Waals surface area contributed by atoms with Crippen LogP contribution in [0, 0.1) is 5.92 Å². The molecule has 2 rings (SSSR count). The average Bonchev–Trinajstić information content (AvgIpc) is 2.47. The van der Waals surface area contributed by atoms with Crippen LogP contribution in [0.2, 0.25) is 0 Å². The largest absolute Gasteiger partial charge is 0.379 e. The number of rotatable bonds is 4. The molecule has 1 heterocycles.